The van der Waals surface area contributed by atoms with Gasteiger partial charge in [0.15, 0.2) is 0 Å². The fourth-order valence-electron chi connectivity index (χ4n) is 3.36. The van der Waals surface area contributed by atoms with Crippen molar-refractivity contribution >= 4 is 10.0 Å². The first-order valence-corrected chi connectivity index (χ1v) is 10.2. The van der Waals surface area contributed by atoms with Crippen LogP contribution in [0, 0.1) is 0 Å². The molecule has 0 aliphatic carbocycles. The highest BCUT2D eigenvalue weighted by Crippen LogP contribution is 2.34. The SMILES string of the molecule is COc1ccccc1C1CCN(S(=O)(=O)CCc2ccccn2)CC1. The summed E-state index contributed by atoms with van der Waals surface area (Å²) < 4.78 is 32.3. The standard InChI is InChI=1S/C19H24N2O3S/c1-24-19-8-3-2-7-18(19)16-9-13-21(14-10-16)25(22,23)15-11-17-6-4-5-12-20-17/h2-8,12,16H,9-11,13-15H2,1H3. The van der Waals surface area contributed by atoms with E-state index in [2.05, 4.69) is 11.1 Å². The molecular weight excluding hydrogens is 336 g/mol. The monoisotopic (exact) mass is 360 g/mol. The average Bonchev–Trinajstić information content (AvgIpc) is 2.67. The topological polar surface area (TPSA) is 59.5 Å². The van der Waals surface area contributed by atoms with Gasteiger partial charge in [-0.3, -0.25) is 4.98 Å². The van der Waals surface area contributed by atoms with Crippen LogP contribution in [-0.4, -0.2) is 43.7 Å². The van der Waals surface area contributed by atoms with E-state index in [1.807, 2.05) is 36.4 Å². The third kappa shape index (κ3) is 4.38. The number of para-hydroxylation sites is 1. The number of hydrogen-bond donors (Lipinski definition) is 0. The maximum absolute atomic E-state index is 12.6. The lowest BCUT2D eigenvalue weighted by molar-refractivity contribution is 0.313. The quantitative estimate of drug-likeness (QED) is 0.795. The van der Waals surface area contributed by atoms with E-state index in [1.165, 1.54) is 5.56 Å². The second-order valence-electron chi connectivity index (χ2n) is 6.30. The highest BCUT2D eigenvalue weighted by Gasteiger charge is 2.29. The number of methoxy groups -OCH3 is 1. The van der Waals surface area contributed by atoms with Crippen LogP contribution in [0.1, 0.15) is 30.0 Å². The number of benzene rings is 1. The molecule has 1 aliphatic rings. The molecule has 0 N–H and O–H groups in total. The van der Waals surface area contributed by atoms with Crippen LogP contribution < -0.4 is 4.74 Å². The van der Waals surface area contributed by atoms with Crippen molar-refractivity contribution in [2.75, 3.05) is 26.0 Å². The molecule has 0 atom stereocenters. The second kappa shape index (κ2) is 7.97. The van der Waals surface area contributed by atoms with Crippen LogP contribution in [0.3, 0.4) is 0 Å². The van der Waals surface area contributed by atoms with Crippen LogP contribution >= 0.6 is 0 Å². The third-order valence-corrected chi connectivity index (χ3v) is 6.64. The summed E-state index contributed by atoms with van der Waals surface area (Å²) in [5.41, 5.74) is 1.99. The van der Waals surface area contributed by atoms with Crippen molar-refractivity contribution in [2.24, 2.45) is 0 Å². The van der Waals surface area contributed by atoms with Gasteiger partial charge in [0.05, 0.1) is 12.9 Å². The van der Waals surface area contributed by atoms with Crippen LogP contribution in [-0.2, 0) is 16.4 Å². The van der Waals surface area contributed by atoms with Crippen LogP contribution in [0.2, 0.25) is 0 Å². The van der Waals surface area contributed by atoms with Gasteiger partial charge in [-0.15, -0.1) is 0 Å². The van der Waals surface area contributed by atoms with Gasteiger partial charge in [-0.2, -0.15) is 0 Å². The summed E-state index contributed by atoms with van der Waals surface area (Å²) in [5, 5.41) is 0. The first kappa shape index (κ1) is 17.9. The zero-order valence-corrected chi connectivity index (χ0v) is 15.3. The minimum Gasteiger partial charge on any atom is -0.496 e. The number of aryl methyl sites for hydroxylation is 1. The second-order valence-corrected chi connectivity index (χ2v) is 8.39. The molecule has 0 radical (unpaired) electrons. The Labute approximate surface area is 149 Å². The van der Waals surface area contributed by atoms with E-state index in [4.69, 9.17) is 4.74 Å². The Morgan fingerprint density at radius 1 is 1.12 bits per heavy atom. The van der Waals surface area contributed by atoms with Crippen LogP contribution in [0.15, 0.2) is 48.7 Å². The van der Waals surface area contributed by atoms with Crippen LogP contribution in [0.4, 0.5) is 0 Å². The van der Waals surface area contributed by atoms with Gasteiger partial charge in [-0.25, -0.2) is 12.7 Å². The van der Waals surface area contributed by atoms with Crippen molar-refractivity contribution in [3.63, 3.8) is 0 Å². The van der Waals surface area contributed by atoms with E-state index >= 15 is 0 Å². The predicted molar refractivity (Wildman–Crippen MR) is 98.3 cm³/mol. The first-order chi connectivity index (χ1) is 12.1. The fourth-order valence-corrected chi connectivity index (χ4v) is 4.85. The number of nitrogens with zero attached hydrogens (tertiary/aromatic N) is 2. The lowest BCUT2D eigenvalue weighted by Crippen LogP contribution is -2.39. The Bertz CT molecular complexity index is 785. The maximum atomic E-state index is 12.6. The lowest BCUT2D eigenvalue weighted by Gasteiger charge is -2.32. The molecule has 1 aromatic heterocycles. The zero-order valence-electron chi connectivity index (χ0n) is 14.5. The van der Waals surface area contributed by atoms with Gasteiger partial charge in [-0.1, -0.05) is 24.3 Å². The van der Waals surface area contributed by atoms with Gasteiger partial charge in [0.2, 0.25) is 10.0 Å². The lowest BCUT2D eigenvalue weighted by atomic mass is 9.89. The summed E-state index contributed by atoms with van der Waals surface area (Å²) in [6.45, 7) is 1.13. The molecule has 25 heavy (non-hydrogen) atoms. The minimum absolute atomic E-state index is 0.114. The summed E-state index contributed by atoms with van der Waals surface area (Å²) in [4.78, 5) is 4.20. The number of pyridine rings is 1. The first-order valence-electron chi connectivity index (χ1n) is 8.61. The van der Waals surface area contributed by atoms with Gasteiger partial charge < -0.3 is 4.74 Å². The molecule has 3 rings (SSSR count). The van der Waals surface area contributed by atoms with E-state index < -0.39 is 10.0 Å². The third-order valence-electron chi connectivity index (χ3n) is 4.77. The largest absolute Gasteiger partial charge is 0.496 e. The molecule has 2 aromatic rings. The van der Waals surface area contributed by atoms with E-state index in [-0.39, 0.29) is 5.75 Å². The molecule has 0 bridgehead atoms. The number of piperidine rings is 1. The summed E-state index contributed by atoms with van der Waals surface area (Å²) in [6, 6.07) is 13.6. The Morgan fingerprint density at radius 2 is 1.84 bits per heavy atom. The summed E-state index contributed by atoms with van der Waals surface area (Å²) >= 11 is 0. The van der Waals surface area contributed by atoms with E-state index in [1.54, 1.807) is 17.6 Å². The smallest absolute Gasteiger partial charge is 0.214 e. The summed E-state index contributed by atoms with van der Waals surface area (Å²) in [5.74, 6) is 1.35. The molecule has 6 heteroatoms. The fraction of sp³-hybridized carbons (Fsp3) is 0.421. The van der Waals surface area contributed by atoms with Crippen molar-refractivity contribution in [2.45, 2.75) is 25.2 Å². The number of aromatic nitrogens is 1. The van der Waals surface area contributed by atoms with Crippen molar-refractivity contribution in [3.8, 4) is 5.75 Å². The molecule has 0 unspecified atom stereocenters. The van der Waals surface area contributed by atoms with Gasteiger partial charge in [0.25, 0.3) is 0 Å². The number of ether oxygens (including phenoxy) is 1. The molecule has 0 amide bonds. The van der Waals surface area contributed by atoms with E-state index in [0.29, 0.717) is 25.4 Å². The molecule has 1 aliphatic heterocycles. The molecule has 1 saturated heterocycles. The van der Waals surface area contributed by atoms with E-state index in [9.17, 15) is 8.42 Å². The Hall–Kier alpha value is -1.92. The van der Waals surface area contributed by atoms with Gasteiger partial charge in [0.1, 0.15) is 5.75 Å². The number of rotatable bonds is 6. The molecule has 5 nitrogen and oxygen atoms in total. The van der Waals surface area contributed by atoms with Crippen LogP contribution in [0.5, 0.6) is 5.75 Å². The normalized spacial score (nSPS) is 16.7. The van der Waals surface area contributed by atoms with Crippen molar-refractivity contribution in [1.29, 1.82) is 0 Å². The van der Waals surface area contributed by atoms with Crippen molar-refractivity contribution in [3.05, 3.63) is 59.9 Å². The van der Waals surface area contributed by atoms with Gasteiger partial charge >= 0.3 is 0 Å². The summed E-state index contributed by atoms with van der Waals surface area (Å²) in [6.07, 6.45) is 3.79. The molecule has 134 valence electrons. The van der Waals surface area contributed by atoms with E-state index in [0.717, 1.165) is 24.3 Å². The molecule has 0 spiro atoms. The Kier molecular flexibility index (Phi) is 5.71. The van der Waals surface area contributed by atoms with Crippen LogP contribution in [0.25, 0.3) is 0 Å². The molecule has 2 heterocycles. The highest BCUT2D eigenvalue weighted by molar-refractivity contribution is 7.89. The molecular formula is C19H24N2O3S. The molecule has 1 aromatic carbocycles. The van der Waals surface area contributed by atoms with Crippen molar-refractivity contribution < 1.29 is 13.2 Å². The molecule has 1 fully saturated rings. The van der Waals surface area contributed by atoms with Gasteiger partial charge in [-0.05, 0) is 42.5 Å². The highest BCUT2D eigenvalue weighted by atomic mass is 32.2. The van der Waals surface area contributed by atoms with Crippen molar-refractivity contribution in [1.82, 2.24) is 9.29 Å². The number of hydrogen-bond acceptors (Lipinski definition) is 4. The zero-order chi connectivity index (χ0) is 17.7. The maximum Gasteiger partial charge on any atom is 0.214 e. The summed E-state index contributed by atoms with van der Waals surface area (Å²) in [7, 11) is -1.56. The predicted octanol–water partition coefficient (Wildman–Crippen LogP) is 2.84. The average molecular weight is 360 g/mol. The number of sulfonamides is 1. The minimum atomic E-state index is -3.24. The van der Waals surface area contributed by atoms with Gasteiger partial charge in [0, 0.05) is 31.4 Å². The Balaban J connectivity index is 1.59. The molecule has 0 saturated carbocycles. The Morgan fingerprint density at radius 3 is 2.52 bits per heavy atom.